The number of benzene rings is 10. The van der Waals surface area contributed by atoms with Gasteiger partial charge in [0.2, 0.25) is 0 Å². The summed E-state index contributed by atoms with van der Waals surface area (Å²) in [5.74, 6) is 0.433. The van der Waals surface area contributed by atoms with E-state index in [0.717, 1.165) is 94.3 Å². The van der Waals surface area contributed by atoms with Crippen LogP contribution in [0.2, 0.25) is 0 Å². The van der Waals surface area contributed by atoms with E-state index in [1.807, 2.05) is 24.3 Å². The highest BCUT2D eigenvalue weighted by molar-refractivity contribution is 6.22. The second-order valence-corrected chi connectivity index (χ2v) is 16.8. The average Bonchev–Trinajstić information content (AvgIpc) is 3.89. The Kier molecular flexibility index (Phi) is 8.33. The molecule has 0 aliphatic heterocycles. The Hall–Kier alpha value is -8.55. The van der Waals surface area contributed by atoms with Gasteiger partial charge in [0.15, 0.2) is 5.82 Å². The number of para-hydroxylation sites is 3. The third-order valence-corrected chi connectivity index (χ3v) is 13.1. The van der Waals surface area contributed by atoms with Crippen LogP contribution >= 0.6 is 0 Å². The molecule has 13 rings (SSSR count). The van der Waals surface area contributed by atoms with Gasteiger partial charge in [-0.1, -0.05) is 140 Å². The van der Waals surface area contributed by atoms with Crippen molar-refractivity contribution in [2.75, 3.05) is 0 Å². The molecule has 0 bridgehead atoms. The quantitative estimate of drug-likeness (QED) is 0.162. The van der Waals surface area contributed by atoms with E-state index in [0.29, 0.717) is 22.2 Å². The van der Waals surface area contributed by atoms with Crippen LogP contribution in [0.4, 0.5) is 13.2 Å². The minimum Gasteiger partial charge on any atom is -0.309 e. The number of nitrogens with zero attached hydrogens (tertiary/aromatic N) is 4. The number of alkyl halides is 3. The minimum atomic E-state index is -4.46. The van der Waals surface area contributed by atoms with Gasteiger partial charge in [-0.05, 0) is 100 Å². The molecule has 3 aromatic heterocycles. The van der Waals surface area contributed by atoms with Crippen molar-refractivity contribution in [2.45, 2.75) is 6.18 Å². The maximum absolute atomic E-state index is 13.8. The van der Waals surface area contributed by atoms with E-state index in [4.69, 9.17) is 9.97 Å². The van der Waals surface area contributed by atoms with E-state index in [2.05, 4.69) is 173 Å². The highest BCUT2D eigenvalue weighted by Crippen LogP contribution is 2.45. The van der Waals surface area contributed by atoms with E-state index >= 15 is 0 Å². The smallest absolute Gasteiger partial charge is 0.309 e. The molecule has 3 heterocycles. The highest BCUT2D eigenvalue weighted by Gasteiger charge is 2.30. The molecule has 312 valence electrons. The molecular formula is C59H35F3N4. The zero-order valence-corrected chi connectivity index (χ0v) is 35.1. The molecule has 66 heavy (non-hydrogen) atoms. The average molecular weight is 857 g/mol. The largest absolute Gasteiger partial charge is 0.416 e. The topological polar surface area (TPSA) is 35.6 Å². The zero-order chi connectivity index (χ0) is 44.1. The summed E-state index contributed by atoms with van der Waals surface area (Å²) in [6.45, 7) is 0. The Morgan fingerprint density at radius 1 is 0.364 bits per heavy atom. The van der Waals surface area contributed by atoms with Crippen molar-refractivity contribution in [3.05, 3.63) is 218 Å². The zero-order valence-electron chi connectivity index (χ0n) is 35.1. The van der Waals surface area contributed by atoms with Gasteiger partial charge in [0.25, 0.3) is 0 Å². The molecule has 0 amide bonds. The molecule has 0 aliphatic carbocycles. The Bertz CT molecular complexity index is 4110. The fourth-order valence-corrected chi connectivity index (χ4v) is 10.2. The van der Waals surface area contributed by atoms with E-state index in [1.165, 1.54) is 22.9 Å². The third-order valence-electron chi connectivity index (χ3n) is 13.1. The number of aromatic nitrogens is 4. The summed E-state index contributed by atoms with van der Waals surface area (Å²) in [6.07, 6.45) is -4.46. The first-order valence-corrected chi connectivity index (χ1v) is 21.9. The van der Waals surface area contributed by atoms with Crippen molar-refractivity contribution in [1.29, 1.82) is 0 Å². The van der Waals surface area contributed by atoms with Crippen molar-refractivity contribution in [1.82, 2.24) is 19.1 Å². The van der Waals surface area contributed by atoms with Gasteiger partial charge >= 0.3 is 6.18 Å². The van der Waals surface area contributed by atoms with Crippen LogP contribution in [0.25, 0.3) is 121 Å². The Morgan fingerprint density at radius 2 is 0.939 bits per heavy atom. The van der Waals surface area contributed by atoms with Crippen LogP contribution in [-0.2, 0) is 6.18 Å². The van der Waals surface area contributed by atoms with Gasteiger partial charge in [0.1, 0.15) is 0 Å². The Balaban J connectivity index is 1.02. The lowest BCUT2D eigenvalue weighted by Gasteiger charge is -2.14. The molecule has 0 spiro atoms. The molecule has 0 atom stereocenters. The van der Waals surface area contributed by atoms with Gasteiger partial charge in [-0.2, -0.15) is 13.2 Å². The first-order chi connectivity index (χ1) is 32.4. The van der Waals surface area contributed by atoms with Crippen LogP contribution < -0.4 is 0 Å². The lowest BCUT2D eigenvalue weighted by molar-refractivity contribution is -0.137. The second kappa shape index (κ2) is 14.5. The molecule has 7 heteroatoms. The lowest BCUT2D eigenvalue weighted by Crippen LogP contribution is -2.04. The van der Waals surface area contributed by atoms with E-state index in [9.17, 15) is 13.2 Å². The van der Waals surface area contributed by atoms with Crippen molar-refractivity contribution in [2.24, 2.45) is 0 Å². The van der Waals surface area contributed by atoms with Gasteiger partial charge in [-0.15, -0.1) is 0 Å². The molecule has 10 aromatic carbocycles. The normalized spacial score (nSPS) is 12.2. The summed E-state index contributed by atoms with van der Waals surface area (Å²) in [6, 6.07) is 71.1. The van der Waals surface area contributed by atoms with Crippen molar-refractivity contribution in [3.63, 3.8) is 0 Å². The maximum atomic E-state index is 13.8. The van der Waals surface area contributed by atoms with Crippen LogP contribution in [0.5, 0.6) is 0 Å². The number of rotatable bonds is 5. The van der Waals surface area contributed by atoms with Crippen molar-refractivity contribution < 1.29 is 13.2 Å². The fourth-order valence-electron chi connectivity index (χ4n) is 10.2. The fraction of sp³-hybridized carbons (Fsp3) is 0.0169. The highest BCUT2D eigenvalue weighted by atomic mass is 19.4. The van der Waals surface area contributed by atoms with Crippen LogP contribution in [0, 0.1) is 0 Å². The number of halogens is 3. The van der Waals surface area contributed by atoms with E-state index in [1.54, 1.807) is 6.07 Å². The SMILES string of the molecule is FC(F)(F)c1ccc2ccc(-c3nc(-c4cccc(-n5c6ccccc6c6c(-c7cccc8c7c7ccccc7n8-c7ccccc7)cccc65)c4)c4ccc5ccccc5c4n3)cc2c1. The van der Waals surface area contributed by atoms with Crippen LogP contribution in [0.15, 0.2) is 212 Å². The molecular weight excluding hydrogens is 822 g/mol. The van der Waals surface area contributed by atoms with Gasteiger partial charge in [0, 0.05) is 54.8 Å². The summed E-state index contributed by atoms with van der Waals surface area (Å²) >= 11 is 0. The molecule has 0 fully saturated rings. The number of hydrogen-bond donors (Lipinski definition) is 0. The van der Waals surface area contributed by atoms with Crippen LogP contribution in [0.3, 0.4) is 0 Å². The summed E-state index contributed by atoms with van der Waals surface area (Å²) < 4.78 is 46.2. The molecule has 13 aromatic rings. The Morgan fingerprint density at radius 3 is 1.65 bits per heavy atom. The molecule has 0 saturated heterocycles. The molecule has 0 unspecified atom stereocenters. The molecule has 0 N–H and O–H groups in total. The predicted octanol–water partition coefficient (Wildman–Crippen LogP) is 16.2. The summed E-state index contributed by atoms with van der Waals surface area (Å²) in [4.78, 5) is 10.4. The van der Waals surface area contributed by atoms with E-state index < -0.39 is 11.7 Å². The molecule has 0 radical (unpaired) electrons. The number of fused-ring (bicyclic) bond motifs is 10. The van der Waals surface area contributed by atoms with E-state index in [-0.39, 0.29) is 0 Å². The lowest BCUT2D eigenvalue weighted by atomic mass is 9.95. The van der Waals surface area contributed by atoms with Crippen molar-refractivity contribution >= 4 is 76.1 Å². The third kappa shape index (κ3) is 5.86. The maximum Gasteiger partial charge on any atom is 0.416 e. The summed E-state index contributed by atoms with van der Waals surface area (Å²) in [5, 5.41) is 8.75. The van der Waals surface area contributed by atoms with Gasteiger partial charge in [-0.25, -0.2) is 9.97 Å². The summed E-state index contributed by atoms with van der Waals surface area (Å²) in [7, 11) is 0. The Labute approximate surface area is 376 Å². The monoisotopic (exact) mass is 856 g/mol. The summed E-state index contributed by atoms with van der Waals surface area (Å²) in [5.41, 5.74) is 11.2. The predicted molar refractivity (Wildman–Crippen MR) is 265 cm³/mol. The molecule has 4 nitrogen and oxygen atoms in total. The first kappa shape index (κ1) is 38.0. The molecule has 0 saturated carbocycles. The molecule has 0 aliphatic rings. The van der Waals surface area contributed by atoms with Gasteiger partial charge in [0.05, 0.1) is 38.8 Å². The van der Waals surface area contributed by atoms with Crippen LogP contribution in [0.1, 0.15) is 5.56 Å². The second-order valence-electron chi connectivity index (χ2n) is 16.8. The van der Waals surface area contributed by atoms with Gasteiger partial charge in [-0.3, -0.25) is 0 Å². The number of hydrogen-bond acceptors (Lipinski definition) is 2. The van der Waals surface area contributed by atoms with Gasteiger partial charge < -0.3 is 9.13 Å². The standard InChI is InChI=1S/C59H35F3N4/c60-59(61,62)41-31-29-36-27-28-39(33-40(36)34-41)58-63-56(49-32-30-37-13-4-5-18-44(37)57(49)64-58)38-14-10-17-43(35-38)66-51-24-9-7-20-48(51)55-46(22-12-26-53(55)66)45-21-11-25-52-54(45)47-19-6-8-23-50(47)65(52)42-15-2-1-3-16-42/h1-35H. The minimum absolute atomic E-state index is 0.433. The van der Waals surface area contributed by atoms with Crippen LogP contribution in [-0.4, -0.2) is 19.1 Å². The first-order valence-electron chi connectivity index (χ1n) is 21.9. The van der Waals surface area contributed by atoms with Crippen molar-refractivity contribution in [3.8, 4) is 45.1 Å².